The molecular formula is C16H20N4O2. The smallest absolute Gasteiger partial charge is 0.251 e. The Morgan fingerprint density at radius 1 is 1.36 bits per heavy atom. The number of amides is 1. The first-order valence-electron chi connectivity index (χ1n) is 7.33. The van der Waals surface area contributed by atoms with Crippen molar-refractivity contribution in [2.75, 3.05) is 11.9 Å². The van der Waals surface area contributed by atoms with Gasteiger partial charge in [0, 0.05) is 29.4 Å². The van der Waals surface area contributed by atoms with Crippen LogP contribution in [0.5, 0.6) is 0 Å². The summed E-state index contributed by atoms with van der Waals surface area (Å²) in [5.41, 5.74) is 7.37. The van der Waals surface area contributed by atoms with Crippen molar-refractivity contribution >= 4 is 11.6 Å². The van der Waals surface area contributed by atoms with Crippen molar-refractivity contribution in [3.05, 3.63) is 46.4 Å². The van der Waals surface area contributed by atoms with Gasteiger partial charge in [0.1, 0.15) is 5.82 Å². The van der Waals surface area contributed by atoms with Crippen molar-refractivity contribution in [3.8, 4) is 11.4 Å². The molecule has 2 rings (SSSR count). The molecule has 116 valence electrons. The van der Waals surface area contributed by atoms with E-state index in [0.717, 1.165) is 11.3 Å². The fourth-order valence-electron chi connectivity index (χ4n) is 2.06. The zero-order valence-corrected chi connectivity index (χ0v) is 12.6. The molecule has 1 aromatic heterocycles. The third-order valence-corrected chi connectivity index (χ3v) is 3.18. The van der Waals surface area contributed by atoms with Crippen LogP contribution in [0.1, 0.15) is 25.5 Å². The summed E-state index contributed by atoms with van der Waals surface area (Å²) >= 11 is 0. The molecule has 6 heteroatoms. The lowest BCUT2D eigenvalue weighted by molar-refractivity contribution is -0.116. The van der Waals surface area contributed by atoms with E-state index in [1.807, 2.05) is 19.1 Å². The number of rotatable bonds is 6. The average molecular weight is 300 g/mol. The molecule has 22 heavy (non-hydrogen) atoms. The minimum absolute atomic E-state index is 0.0774. The van der Waals surface area contributed by atoms with Crippen molar-refractivity contribution in [2.24, 2.45) is 5.73 Å². The van der Waals surface area contributed by atoms with E-state index in [2.05, 4.69) is 15.3 Å². The first-order chi connectivity index (χ1) is 10.6. The minimum atomic E-state index is -0.181. The molecule has 0 saturated carbocycles. The van der Waals surface area contributed by atoms with Gasteiger partial charge in [0.25, 0.3) is 5.56 Å². The molecule has 0 aliphatic carbocycles. The molecule has 0 spiro atoms. The molecule has 0 radical (unpaired) electrons. The summed E-state index contributed by atoms with van der Waals surface area (Å²) in [7, 11) is 0. The van der Waals surface area contributed by atoms with Crippen LogP contribution in [0, 0.1) is 0 Å². The van der Waals surface area contributed by atoms with E-state index in [1.165, 1.54) is 6.07 Å². The Kier molecular flexibility index (Phi) is 5.43. The molecule has 2 aromatic rings. The molecule has 0 unspecified atom stereocenters. The van der Waals surface area contributed by atoms with E-state index in [0.29, 0.717) is 37.3 Å². The molecule has 0 bridgehead atoms. The lowest BCUT2D eigenvalue weighted by Crippen LogP contribution is -2.13. The standard InChI is InChI=1S/C16H20N4O2/c1-2-12-10-15(22)20-16(19-12)11-5-3-6-13(9-11)18-14(21)7-4-8-17/h3,5-6,9-10H,2,4,7-8,17H2,1H3,(H,18,21)(H,19,20,22). The molecule has 1 aromatic carbocycles. The van der Waals surface area contributed by atoms with Crippen LogP contribution < -0.4 is 16.6 Å². The Hall–Kier alpha value is -2.47. The highest BCUT2D eigenvalue weighted by molar-refractivity contribution is 5.91. The highest BCUT2D eigenvalue weighted by Crippen LogP contribution is 2.19. The van der Waals surface area contributed by atoms with Crippen molar-refractivity contribution in [3.63, 3.8) is 0 Å². The van der Waals surface area contributed by atoms with Gasteiger partial charge >= 0.3 is 0 Å². The molecule has 0 aliphatic heterocycles. The van der Waals surface area contributed by atoms with Crippen LogP contribution in [0.2, 0.25) is 0 Å². The first-order valence-corrected chi connectivity index (χ1v) is 7.33. The highest BCUT2D eigenvalue weighted by Gasteiger charge is 2.06. The fraction of sp³-hybridized carbons (Fsp3) is 0.312. The van der Waals surface area contributed by atoms with Gasteiger partial charge in [-0.15, -0.1) is 0 Å². The van der Waals surface area contributed by atoms with Gasteiger partial charge in [0.2, 0.25) is 5.91 Å². The summed E-state index contributed by atoms with van der Waals surface area (Å²) in [6, 6.07) is 8.73. The van der Waals surface area contributed by atoms with Crippen LogP contribution in [0.25, 0.3) is 11.4 Å². The largest absolute Gasteiger partial charge is 0.330 e. The number of hydrogen-bond acceptors (Lipinski definition) is 4. The second-order valence-corrected chi connectivity index (χ2v) is 4.96. The maximum absolute atomic E-state index is 11.7. The Morgan fingerprint density at radius 2 is 2.18 bits per heavy atom. The maximum atomic E-state index is 11.7. The predicted molar refractivity (Wildman–Crippen MR) is 86.6 cm³/mol. The van der Waals surface area contributed by atoms with Gasteiger partial charge in [-0.25, -0.2) is 4.98 Å². The number of carbonyl (C=O) groups excluding carboxylic acids is 1. The molecular weight excluding hydrogens is 280 g/mol. The number of aryl methyl sites for hydroxylation is 1. The maximum Gasteiger partial charge on any atom is 0.251 e. The number of nitrogens with zero attached hydrogens (tertiary/aromatic N) is 1. The van der Waals surface area contributed by atoms with Gasteiger partial charge in [-0.05, 0) is 31.5 Å². The Morgan fingerprint density at radius 3 is 2.91 bits per heavy atom. The Bertz CT molecular complexity index is 709. The normalized spacial score (nSPS) is 10.5. The third kappa shape index (κ3) is 4.26. The topological polar surface area (TPSA) is 101 Å². The zero-order valence-electron chi connectivity index (χ0n) is 12.6. The monoisotopic (exact) mass is 300 g/mol. The van der Waals surface area contributed by atoms with E-state index in [1.54, 1.807) is 12.1 Å². The van der Waals surface area contributed by atoms with Crippen LogP contribution in [-0.4, -0.2) is 22.4 Å². The number of anilines is 1. The van der Waals surface area contributed by atoms with Gasteiger partial charge in [-0.1, -0.05) is 19.1 Å². The number of H-pyrrole nitrogens is 1. The van der Waals surface area contributed by atoms with Gasteiger partial charge in [0.05, 0.1) is 0 Å². The van der Waals surface area contributed by atoms with Gasteiger partial charge in [0.15, 0.2) is 0 Å². The highest BCUT2D eigenvalue weighted by atomic mass is 16.1. The lowest BCUT2D eigenvalue weighted by Gasteiger charge is -2.07. The number of aromatic amines is 1. The van der Waals surface area contributed by atoms with Gasteiger partial charge in [-0.3, -0.25) is 9.59 Å². The molecule has 1 amide bonds. The Labute approximate surface area is 128 Å². The molecule has 0 fully saturated rings. The van der Waals surface area contributed by atoms with E-state index >= 15 is 0 Å². The van der Waals surface area contributed by atoms with Crippen LogP contribution in [0.4, 0.5) is 5.69 Å². The fourth-order valence-corrected chi connectivity index (χ4v) is 2.06. The Balaban J connectivity index is 2.23. The van der Waals surface area contributed by atoms with Gasteiger partial charge in [-0.2, -0.15) is 0 Å². The summed E-state index contributed by atoms with van der Waals surface area (Å²) in [5.74, 6) is 0.425. The van der Waals surface area contributed by atoms with E-state index in [-0.39, 0.29) is 11.5 Å². The van der Waals surface area contributed by atoms with E-state index in [4.69, 9.17) is 5.73 Å². The molecule has 6 nitrogen and oxygen atoms in total. The number of aromatic nitrogens is 2. The summed E-state index contributed by atoms with van der Waals surface area (Å²) in [5, 5.41) is 2.82. The summed E-state index contributed by atoms with van der Waals surface area (Å²) in [6.07, 6.45) is 1.73. The molecule has 0 aliphatic rings. The second kappa shape index (κ2) is 7.51. The SMILES string of the molecule is CCc1cc(=O)[nH]c(-c2cccc(NC(=O)CCCN)c2)n1. The summed E-state index contributed by atoms with van der Waals surface area (Å²) < 4.78 is 0. The first kappa shape index (κ1) is 15.9. The predicted octanol–water partition coefficient (Wildman–Crippen LogP) is 1.68. The van der Waals surface area contributed by atoms with Crippen LogP contribution in [-0.2, 0) is 11.2 Å². The van der Waals surface area contributed by atoms with Crippen molar-refractivity contribution in [1.29, 1.82) is 0 Å². The quantitative estimate of drug-likeness (QED) is 0.755. The van der Waals surface area contributed by atoms with Crippen LogP contribution in [0.15, 0.2) is 35.1 Å². The molecule has 1 heterocycles. The zero-order chi connectivity index (χ0) is 15.9. The average Bonchev–Trinajstić information content (AvgIpc) is 2.52. The number of nitrogens with two attached hydrogens (primary N) is 1. The van der Waals surface area contributed by atoms with Crippen molar-refractivity contribution in [2.45, 2.75) is 26.2 Å². The second-order valence-electron chi connectivity index (χ2n) is 4.96. The molecule has 4 N–H and O–H groups in total. The number of benzene rings is 1. The van der Waals surface area contributed by atoms with Gasteiger partial charge < -0.3 is 16.0 Å². The summed E-state index contributed by atoms with van der Waals surface area (Å²) in [6.45, 7) is 2.43. The number of nitrogens with one attached hydrogen (secondary N) is 2. The molecule has 0 saturated heterocycles. The number of carbonyl (C=O) groups is 1. The van der Waals surface area contributed by atoms with E-state index in [9.17, 15) is 9.59 Å². The van der Waals surface area contributed by atoms with Crippen molar-refractivity contribution < 1.29 is 4.79 Å². The van der Waals surface area contributed by atoms with Crippen molar-refractivity contribution in [1.82, 2.24) is 9.97 Å². The summed E-state index contributed by atoms with van der Waals surface area (Å²) in [4.78, 5) is 30.5. The van der Waals surface area contributed by atoms with Crippen LogP contribution in [0.3, 0.4) is 0 Å². The number of hydrogen-bond donors (Lipinski definition) is 3. The molecule has 0 atom stereocenters. The minimum Gasteiger partial charge on any atom is -0.330 e. The lowest BCUT2D eigenvalue weighted by atomic mass is 10.1. The van der Waals surface area contributed by atoms with E-state index < -0.39 is 0 Å². The van der Waals surface area contributed by atoms with Crippen LogP contribution >= 0.6 is 0 Å². The third-order valence-electron chi connectivity index (χ3n) is 3.18.